The molecule has 2 aliphatic rings. The van der Waals surface area contributed by atoms with Crippen LogP contribution >= 0.6 is 11.8 Å². The Bertz CT molecular complexity index is 1530. The number of anilines is 1. The highest BCUT2D eigenvalue weighted by atomic mass is 32.2. The summed E-state index contributed by atoms with van der Waals surface area (Å²) in [5, 5.41) is 3.20. The lowest BCUT2D eigenvalue weighted by Gasteiger charge is -2.19. The van der Waals surface area contributed by atoms with Gasteiger partial charge >= 0.3 is 0 Å². The lowest BCUT2D eigenvalue weighted by molar-refractivity contribution is 0.397. The van der Waals surface area contributed by atoms with E-state index >= 15 is 0 Å². The molecule has 11 heteroatoms. The second-order valence-electron chi connectivity index (χ2n) is 9.81. The second kappa shape index (κ2) is 10.3. The lowest BCUT2D eigenvalue weighted by Crippen LogP contribution is -2.29. The van der Waals surface area contributed by atoms with Gasteiger partial charge in [0.05, 0.1) is 42.5 Å². The highest BCUT2D eigenvalue weighted by molar-refractivity contribution is 7.99. The van der Waals surface area contributed by atoms with Crippen LogP contribution in [0.15, 0.2) is 40.5 Å². The minimum Gasteiger partial charge on any atom is -0.480 e. The topological polar surface area (TPSA) is 121 Å². The average Bonchev–Trinajstić information content (AvgIpc) is 3.85. The monoisotopic (exact) mass is 530 g/mol. The number of fused-ring (bicyclic) bond motifs is 1. The number of nitrogens with zero attached hydrogens (tertiary/aromatic N) is 7. The standard InChI is InChI=1S/C27H30N8O2S/c1-4-38-19-10-9-18(28-12-19)11-29-24-27(36)35(15(2)16-5-6-16)25-23(34-24)30-13-20(33-25)21-22(17-7-8-17)31-14-32-26(21)37-3/h9-10,12-17H,4-8,11H2,1-3H3,(H,29,30,34)/t15-/m0/s1. The summed E-state index contributed by atoms with van der Waals surface area (Å²) in [4.78, 5) is 42.5. The maximum Gasteiger partial charge on any atom is 0.295 e. The van der Waals surface area contributed by atoms with Crippen LogP contribution in [0.2, 0.25) is 0 Å². The Hall–Kier alpha value is -3.60. The average molecular weight is 531 g/mol. The first kappa shape index (κ1) is 24.7. The van der Waals surface area contributed by atoms with Crippen LogP contribution in [0.3, 0.4) is 0 Å². The van der Waals surface area contributed by atoms with Gasteiger partial charge in [0.15, 0.2) is 17.1 Å². The Morgan fingerprint density at radius 1 is 1.11 bits per heavy atom. The van der Waals surface area contributed by atoms with Crippen molar-refractivity contribution in [2.75, 3.05) is 18.2 Å². The van der Waals surface area contributed by atoms with Crippen molar-refractivity contribution in [2.24, 2.45) is 5.92 Å². The molecule has 1 atom stereocenters. The molecule has 4 aromatic rings. The highest BCUT2D eigenvalue weighted by Gasteiger charge is 2.33. The molecule has 38 heavy (non-hydrogen) atoms. The second-order valence-corrected chi connectivity index (χ2v) is 11.1. The van der Waals surface area contributed by atoms with E-state index in [9.17, 15) is 4.79 Å². The molecular formula is C27H30N8O2S. The Labute approximate surface area is 224 Å². The van der Waals surface area contributed by atoms with Crippen LogP contribution in [-0.4, -0.2) is 47.3 Å². The third-order valence-corrected chi connectivity index (χ3v) is 7.98. The molecule has 0 aromatic carbocycles. The minimum atomic E-state index is -0.208. The van der Waals surface area contributed by atoms with E-state index in [1.165, 1.54) is 6.33 Å². The van der Waals surface area contributed by atoms with Crippen molar-refractivity contribution in [3.8, 4) is 17.1 Å². The number of thioether (sulfide) groups is 1. The molecule has 4 heterocycles. The van der Waals surface area contributed by atoms with E-state index in [2.05, 4.69) is 44.1 Å². The summed E-state index contributed by atoms with van der Waals surface area (Å²) >= 11 is 1.74. The summed E-state index contributed by atoms with van der Waals surface area (Å²) < 4.78 is 7.32. The van der Waals surface area contributed by atoms with Gasteiger partial charge in [-0.15, -0.1) is 11.8 Å². The molecule has 0 saturated heterocycles. The van der Waals surface area contributed by atoms with Gasteiger partial charge in [-0.05, 0) is 56.4 Å². The molecule has 0 amide bonds. The van der Waals surface area contributed by atoms with Gasteiger partial charge in [0, 0.05) is 23.1 Å². The molecule has 2 aliphatic carbocycles. The smallest absolute Gasteiger partial charge is 0.295 e. The zero-order valence-corrected chi connectivity index (χ0v) is 22.5. The molecule has 0 bridgehead atoms. The number of hydrogen-bond donors (Lipinski definition) is 1. The molecule has 10 nitrogen and oxygen atoms in total. The molecule has 2 fully saturated rings. The molecule has 196 valence electrons. The third-order valence-electron chi connectivity index (χ3n) is 7.12. The predicted octanol–water partition coefficient (Wildman–Crippen LogP) is 4.62. The Kier molecular flexibility index (Phi) is 6.69. The fraction of sp³-hybridized carbons (Fsp3) is 0.444. The summed E-state index contributed by atoms with van der Waals surface area (Å²) in [7, 11) is 1.59. The molecule has 2 saturated carbocycles. The van der Waals surface area contributed by atoms with E-state index < -0.39 is 0 Å². The SMILES string of the molecule is CCSc1ccc(CNc2nc3ncc(-c4c(OC)ncnc4C4CC4)nc3n([C@@H](C)C3CC3)c2=O)nc1. The molecule has 0 aliphatic heterocycles. The van der Waals surface area contributed by atoms with Gasteiger partial charge in [0.2, 0.25) is 5.88 Å². The first-order valence-electron chi connectivity index (χ1n) is 13.1. The van der Waals surface area contributed by atoms with E-state index in [1.54, 1.807) is 29.6 Å². The number of aromatic nitrogens is 7. The fourth-order valence-electron chi connectivity index (χ4n) is 4.77. The van der Waals surface area contributed by atoms with Crippen LogP contribution in [-0.2, 0) is 6.54 Å². The van der Waals surface area contributed by atoms with Crippen molar-refractivity contribution in [1.82, 2.24) is 34.5 Å². The lowest BCUT2D eigenvalue weighted by atomic mass is 10.1. The maximum atomic E-state index is 13.8. The van der Waals surface area contributed by atoms with Crippen molar-refractivity contribution in [1.29, 1.82) is 0 Å². The summed E-state index contributed by atoms with van der Waals surface area (Å²) in [6.45, 7) is 4.57. The van der Waals surface area contributed by atoms with Gasteiger partial charge in [-0.2, -0.15) is 0 Å². The van der Waals surface area contributed by atoms with E-state index in [-0.39, 0.29) is 17.4 Å². The Balaban J connectivity index is 1.41. The summed E-state index contributed by atoms with van der Waals surface area (Å²) in [6.07, 6.45) is 9.38. The van der Waals surface area contributed by atoms with Gasteiger partial charge in [-0.25, -0.2) is 24.9 Å². The third kappa shape index (κ3) is 4.82. The van der Waals surface area contributed by atoms with Crippen molar-refractivity contribution >= 4 is 28.9 Å². The molecule has 0 radical (unpaired) electrons. The van der Waals surface area contributed by atoms with Crippen LogP contribution in [0.1, 0.15) is 62.9 Å². The zero-order valence-electron chi connectivity index (χ0n) is 21.7. The number of hydrogen-bond acceptors (Lipinski definition) is 10. The van der Waals surface area contributed by atoms with Crippen LogP contribution in [0.5, 0.6) is 5.88 Å². The molecule has 0 unspecified atom stereocenters. The van der Waals surface area contributed by atoms with Gasteiger partial charge in [-0.1, -0.05) is 6.92 Å². The number of pyridine rings is 1. The highest BCUT2D eigenvalue weighted by Crippen LogP contribution is 2.45. The molecule has 4 aromatic heterocycles. The molecule has 0 spiro atoms. The van der Waals surface area contributed by atoms with Crippen LogP contribution < -0.4 is 15.6 Å². The predicted molar refractivity (Wildman–Crippen MR) is 147 cm³/mol. The quantitative estimate of drug-likeness (QED) is 0.291. The number of nitrogens with one attached hydrogen (secondary N) is 1. The van der Waals surface area contributed by atoms with Gasteiger partial charge < -0.3 is 10.1 Å². The van der Waals surface area contributed by atoms with Gasteiger partial charge in [0.25, 0.3) is 5.56 Å². The first-order chi connectivity index (χ1) is 18.6. The molecule has 6 rings (SSSR count). The van der Waals surface area contributed by atoms with Crippen molar-refractivity contribution in [2.45, 2.75) is 62.9 Å². The van der Waals surface area contributed by atoms with Gasteiger partial charge in [-0.3, -0.25) is 14.3 Å². The fourth-order valence-corrected chi connectivity index (χ4v) is 5.39. The number of rotatable bonds is 10. The zero-order chi connectivity index (χ0) is 26.2. The largest absolute Gasteiger partial charge is 0.480 e. The van der Waals surface area contributed by atoms with Crippen molar-refractivity contribution < 1.29 is 4.74 Å². The Morgan fingerprint density at radius 3 is 2.63 bits per heavy atom. The summed E-state index contributed by atoms with van der Waals surface area (Å²) in [6, 6.07) is 3.98. The van der Waals surface area contributed by atoms with Crippen molar-refractivity contribution in [3.05, 3.63) is 52.6 Å². The summed E-state index contributed by atoms with van der Waals surface area (Å²) in [5.74, 6) is 2.49. The van der Waals surface area contributed by atoms with Gasteiger partial charge in [0.1, 0.15) is 6.33 Å². The van der Waals surface area contributed by atoms with E-state index in [0.717, 1.165) is 53.3 Å². The minimum absolute atomic E-state index is 0.0293. The van der Waals surface area contributed by atoms with Crippen LogP contribution in [0.4, 0.5) is 5.82 Å². The first-order valence-corrected chi connectivity index (χ1v) is 14.1. The van der Waals surface area contributed by atoms with Crippen LogP contribution in [0, 0.1) is 5.92 Å². The van der Waals surface area contributed by atoms with E-state index in [4.69, 9.17) is 9.72 Å². The van der Waals surface area contributed by atoms with Crippen LogP contribution in [0.25, 0.3) is 22.6 Å². The van der Waals surface area contributed by atoms with E-state index in [0.29, 0.717) is 41.2 Å². The Morgan fingerprint density at radius 2 is 1.95 bits per heavy atom. The number of ether oxygens (including phenoxy) is 1. The molecular weight excluding hydrogens is 500 g/mol. The molecule has 1 N–H and O–H groups in total. The van der Waals surface area contributed by atoms with E-state index in [1.807, 2.05) is 18.3 Å². The van der Waals surface area contributed by atoms with Crippen molar-refractivity contribution in [3.63, 3.8) is 0 Å². The maximum absolute atomic E-state index is 13.8. The summed E-state index contributed by atoms with van der Waals surface area (Å²) in [5.41, 5.74) is 3.74. The normalized spacial score (nSPS) is 16.0. The number of methoxy groups -OCH3 is 1.